The van der Waals surface area contributed by atoms with Crippen molar-refractivity contribution in [3.8, 4) is 0 Å². The van der Waals surface area contributed by atoms with Gasteiger partial charge in [-0.05, 0) is 32.6 Å². The summed E-state index contributed by atoms with van der Waals surface area (Å²) in [7, 11) is 0. The fraction of sp³-hybridized carbons (Fsp3) is 0.818. The zero-order valence-corrected chi connectivity index (χ0v) is 8.42. The third kappa shape index (κ3) is 9.70. The summed E-state index contributed by atoms with van der Waals surface area (Å²) in [5, 5.41) is 8.97. The Hall–Kier alpha value is -0.300. The second-order valence-corrected chi connectivity index (χ2v) is 3.39. The molecule has 12 heavy (non-hydrogen) atoms. The molecule has 72 valence electrons. The van der Waals surface area contributed by atoms with Gasteiger partial charge in [0.1, 0.15) is 0 Å². The Morgan fingerprint density at radius 3 is 2.25 bits per heavy atom. The van der Waals surface area contributed by atoms with Gasteiger partial charge < -0.3 is 5.11 Å². The summed E-state index contributed by atoms with van der Waals surface area (Å²) in [6.45, 7) is 4.06. The third-order valence-electron chi connectivity index (χ3n) is 1.88. The maximum Gasteiger partial charge on any atom is 0.0512 e. The van der Waals surface area contributed by atoms with Crippen molar-refractivity contribution in [1.29, 1.82) is 0 Å². The van der Waals surface area contributed by atoms with E-state index in [0.29, 0.717) is 0 Å². The molecule has 1 heteroatoms. The van der Waals surface area contributed by atoms with Crippen LogP contribution in [0.15, 0.2) is 12.2 Å². The number of aliphatic hydroxyl groups is 1. The van der Waals surface area contributed by atoms with Crippen molar-refractivity contribution in [2.75, 3.05) is 0 Å². The van der Waals surface area contributed by atoms with Crippen molar-refractivity contribution in [2.45, 2.75) is 58.5 Å². The molecule has 0 bridgehead atoms. The first-order chi connectivity index (χ1) is 5.77. The molecule has 0 heterocycles. The Morgan fingerprint density at radius 2 is 1.75 bits per heavy atom. The van der Waals surface area contributed by atoms with Crippen LogP contribution in [0.25, 0.3) is 0 Å². The van der Waals surface area contributed by atoms with E-state index in [1.54, 1.807) is 0 Å². The molecule has 0 aliphatic rings. The fourth-order valence-electron chi connectivity index (χ4n) is 1.09. The van der Waals surface area contributed by atoms with E-state index in [1.807, 2.05) is 6.92 Å². The molecule has 0 radical (unpaired) electrons. The molecule has 0 aromatic carbocycles. The van der Waals surface area contributed by atoms with Gasteiger partial charge >= 0.3 is 0 Å². The Labute approximate surface area is 76.5 Å². The normalized spacial score (nSPS) is 13.9. The molecule has 0 saturated carbocycles. The standard InChI is InChI=1S/C11H22O/c1-3-4-5-6-7-8-9-10-11(2)12/h6-7,11-12H,3-5,8-10H2,1-2H3/b7-6+. The number of rotatable bonds is 7. The number of hydrogen-bond donors (Lipinski definition) is 1. The molecule has 0 amide bonds. The highest BCUT2D eigenvalue weighted by molar-refractivity contribution is 4.81. The first kappa shape index (κ1) is 11.7. The maximum absolute atomic E-state index is 8.97. The molecule has 0 aromatic rings. The van der Waals surface area contributed by atoms with Gasteiger partial charge in [-0.15, -0.1) is 0 Å². The number of unbranched alkanes of at least 4 members (excludes halogenated alkanes) is 3. The molecule has 0 spiro atoms. The molecule has 0 aliphatic heterocycles. The Kier molecular flexibility index (Phi) is 8.57. The van der Waals surface area contributed by atoms with Crippen molar-refractivity contribution in [3.63, 3.8) is 0 Å². The van der Waals surface area contributed by atoms with Crippen LogP contribution in [-0.2, 0) is 0 Å². The van der Waals surface area contributed by atoms with Crippen molar-refractivity contribution in [1.82, 2.24) is 0 Å². The van der Waals surface area contributed by atoms with Gasteiger partial charge in [0.25, 0.3) is 0 Å². The van der Waals surface area contributed by atoms with E-state index >= 15 is 0 Å². The van der Waals surface area contributed by atoms with E-state index in [-0.39, 0.29) is 6.10 Å². The quantitative estimate of drug-likeness (QED) is 0.459. The Bertz CT molecular complexity index is 106. The largest absolute Gasteiger partial charge is 0.393 e. The van der Waals surface area contributed by atoms with E-state index in [4.69, 9.17) is 5.11 Å². The van der Waals surface area contributed by atoms with Gasteiger partial charge in [0.2, 0.25) is 0 Å². The van der Waals surface area contributed by atoms with Gasteiger partial charge in [0.15, 0.2) is 0 Å². The minimum atomic E-state index is -0.131. The van der Waals surface area contributed by atoms with E-state index in [0.717, 1.165) is 19.3 Å². The SMILES string of the molecule is CCCC/C=C/CCCC(C)O. The number of aliphatic hydroxyl groups excluding tert-OH is 1. The van der Waals surface area contributed by atoms with E-state index in [9.17, 15) is 0 Å². The molecule has 1 nitrogen and oxygen atoms in total. The van der Waals surface area contributed by atoms with E-state index < -0.39 is 0 Å². The highest BCUT2D eigenvalue weighted by atomic mass is 16.3. The average Bonchev–Trinajstić information content (AvgIpc) is 2.02. The predicted molar refractivity (Wildman–Crippen MR) is 54.2 cm³/mol. The zero-order chi connectivity index (χ0) is 9.23. The molecule has 1 atom stereocenters. The number of allylic oxidation sites excluding steroid dienone is 2. The maximum atomic E-state index is 8.97. The van der Waals surface area contributed by atoms with Gasteiger partial charge in [-0.2, -0.15) is 0 Å². The lowest BCUT2D eigenvalue weighted by atomic mass is 10.1. The molecule has 1 unspecified atom stereocenters. The fourth-order valence-corrected chi connectivity index (χ4v) is 1.09. The summed E-state index contributed by atoms with van der Waals surface area (Å²) in [5.41, 5.74) is 0. The third-order valence-corrected chi connectivity index (χ3v) is 1.88. The first-order valence-electron chi connectivity index (χ1n) is 5.10. The minimum absolute atomic E-state index is 0.131. The van der Waals surface area contributed by atoms with Gasteiger partial charge in [0, 0.05) is 0 Å². The van der Waals surface area contributed by atoms with Crippen LogP contribution >= 0.6 is 0 Å². The predicted octanol–water partition coefficient (Wildman–Crippen LogP) is 3.28. The lowest BCUT2D eigenvalue weighted by molar-refractivity contribution is 0.182. The van der Waals surface area contributed by atoms with Crippen LogP contribution in [-0.4, -0.2) is 11.2 Å². The van der Waals surface area contributed by atoms with E-state index in [2.05, 4.69) is 19.1 Å². The van der Waals surface area contributed by atoms with Gasteiger partial charge in [0.05, 0.1) is 6.10 Å². The molecule has 0 saturated heterocycles. The van der Waals surface area contributed by atoms with Crippen LogP contribution in [0.3, 0.4) is 0 Å². The molecule has 0 fully saturated rings. The second-order valence-electron chi connectivity index (χ2n) is 3.39. The molecular formula is C11H22O. The second kappa shape index (κ2) is 8.79. The Balaban J connectivity index is 3.03. The highest BCUT2D eigenvalue weighted by Crippen LogP contribution is 2.02. The zero-order valence-electron chi connectivity index (χ0n) is 8.42. The Morgan fingerprint density at radius 1 is 1.17 bits per heavy atom. The summed E-state index contributed by atoms with van der Waals surface area (Å²) in [4.78, 5) is 0. The monoisotopic (exact) mass is 170 g/mol. The molecular weight excluding hydrogens is 148 g/mol. The summed E-state index contributed by atoms with van der Waals surface area (Å²) in [5.74, 6) is 0. The van der Waals surface area contributed by atoms with Gasteiger partial charge in [-0.25, -0.2) is 0 Å². The molecule has 0 rings (SSSR count). The lowest BCUT2D eigenvalue weighted by Gasteiger charge is -1.99. The van der Waals surface area contributed by atoms with Crippen LogP contribution in [0.1, 0.15) is 52.4 Å². The summed E-state index contributed by atoms with van der Waals surface area (Å²) >= 11 is 0. The molecule has 0 aliphatic carbocycles. The van der Waals surface area contributed by atoms with Crippen LogP contribution in [0.5, 0.6) is 0 Å². The van der Waals surface area contributed by atoms with Crippen LogP contribution < -0.4 is 0 Å². The number of hydrogen-bond acceptors (Lipinski definition) is 1. The van der Waals surface area contributed by atoms with Gasteiger partial charge in [-0.3, -0.25) is 0 Å². The smallest absolute Gasteiger partial charge is 0.0512 e. The minimum Gasteiger partial charge on any atom is -0.393 e. The topological polar surface area (TPSA) is 20.2 Å². The summed E-state index contributed by atoms with van der Waals surface area (Å²) < 4.78 is 0. The lowest BCUT2D eigenvalue weighted by Crippen LogP contribution is -1.97. The van der Waals surface area contributed by atoms with Crippen LogP contribution in [0, 0.1) is 0 Å². The summed E-state index contributed by atoms with van der Waals surface area (Å²) in [6.07, 6.45) is 11.3. The highest BCUT2D eigenvalue weighted by Gasteiger charge is 1.92. The van der Waals surface area contributed by atoms with Crippen molar-refractivity contribution < 1.29 is 5.11 Å². The first-order valence-corrected chi connectivity index (χ1v) is 5.10. The molecule has 0 aromatic heterocycles. The van der Waals surface area contributed by atoms with Crippen molar-refractivity contribution in [3.05, 3.63) is 12.2 Å². The van der Waals surface area contributed by atoms with Crippen LogP contribution in [0.2, 0.25) is 0 Å². The van der Waals surface area contributed by atoms with Crippen LogP contribution in [0.4, 0.5) is 0 Å². The molecule has 1 N–H and O–H groups in total. The average molecular weight is 170 g/mol. The summed E-state index contributed by atoms with van der Waals surface area (Å²) in [6, 6.07) is 0. The van der Waals surface area contributed by atoms with E-state index in [1.165, 1.54) is 19.3 Å². The van der Waals surface area contributed by atoms with Gasteiger partial charge in [-0.1, -0.05) is 31.9 Å². The van der Waals surface area contributed by atoms with Crippen molar-refractivity contribution >= 4 is 0 Å². The van der Waals surface area contributed by atoms with Crippen molar-refractivity contribution in [2.24, 2.45) is 0 Å².